The van der Waals surface area contributed by atoms with E-state index in [9.17, 15) is 4.79 Å². The Morgan fingerprint density at radius 1 is 1.50 bits per heavy atom. The molecule has 0 bridgehead atoms. The Morgan fingerprint density at radius 2 is 2.32 bits per heavy atom. The molecule has 0 spiro atoms. The number of rotatable bonds is 6. The van der Waals surface area contributed by atoms with Gasteiger partial charge in [-0.1, -0.05) is 46.0 Å². The van der Waals surface area contributed by atoms with Crippen molar-refractivity contribution in [2.75, 3.05) is 18.2 Å². The average molecular weight is 400 g/mol. The number of nitrogens with zero attached hydrogens (tertiary/aromatic N) is 2. The van der Waals surface area contributed by atoms with Crippen LogP contribution in [0.2, 0.25) is 0 Å². The van der Waals surface area contributed by atoms with Crippen LogP contribution >= 0.6 is 39.0 Å². The lowest BCUT2D eigenvalue weighted by Gasteiger charge is -2.04. The van der Waals surface area contributed by atoms with Gasteiger partial charge >= 0.3 is 0 Å². The van der Waals surface area contributed by atoms with Gasteiger partial charge in [-0.05, 0) is 30.0 Å². The van der Waals surface area contributed by atoms with Crippen molar-refractivity contribution in [1.82, 2.24) is 10.2 Å². The van der Waals surface area contributed by atoms with Gasteiger partial charge in [-0.3, -0.25) is 10.1 Å². The van der Waals surface area contributed by atoms with E-state index < -0.39 is 0 Å². The number of carbonyl (C=O) groups is 1. The predicted molar refractivity (Wildman–Crippen MR) is 94.7 cm³/mol. The van der Waals surface area contributed by atoms with Crippen molar-refractivity contribution in [3.8, 4) is 5.75 Å². The zero-order chi connectivity index (χ0) is 15.9. The van der Waals surface area contributed by atoms with Crippen LogP contribution in [-0.2, 0) is 4.79 Å². The molecule has 0 saturated carbocycles. The van der Waals surface area contributed by atoms with Gasteiger partial charge in [0.15, 0.2) is 4.34 Å². The molecule has 0 aliphatic rings. The summed E-state index contributed by atoms with van der Waals surface area (Å²) in [6.07, 6.45) is 3.14. The lowest BCUT2D eigenvalue weighted by Crippen LogP contribution is -2.07. The highest BCUT2D eigenvalue weighted by Crippen LogP contribution is 2.26. The Morgan fingerprint density at radius 3 is 3.05 bits per heavy atom. The summed E-state index contributed by atoms with van der Waals surface area (Å²) in [5.41, 5.74) is 0.812. The minimum Gasteiger partial charge on any atom is -0.496 e. The maximum atomic E-state index is 11.9. The first-order chi connectivity index (χ1) is 10.6. The van der Waals surface area contributed by atoms with Crippen molar-refractivity contribution >= 4 is 56.1 Å². The van der Waals surface area contributed by atoms with E-state index in [1.165, 1.54) is 17.4 Å². The normalized spacial score (nSPS) is 10.9. The highest BCUT2D eigenvalue weighted by atomic mass is 79.9. The summed E-state index contributed by atoms with van der Waals surface area (Å²) in [6, 6.07) is 5.59. The average Bonchev–Trinajstić information content (AvgIpc) is 2.93. The first kappa shape index (κ1) is 17.0. The molecule has 0 unspecified atom stereocenters. The molecule has 116 valence electrons. The van der Waals surface area contributed by atoms with Gasteiger partial charge < -0.3 is 4.74 Å². The zero-order valence-corrected chi connectivity index (χ0v) is 15.2. The lowest BCUT2D eigenvalue weighted by atomic mass is 10.2. The second-order valence-electron chi connectivity index (χ2n) is 4.01. The summed E-state index contributed by atoms with van der Waals surface area (Å²) in [5.74, 6) is 1.36. The molecule has 1 heterocycles. The molecule has 22 heavy (non-hydrogen) atoms. The number of hydrogen-bond acceptors (Lipinski definition) is 6. The van der Waals surface area contributed by atoms with Crippen LogP contribution in [0.3, 0.4) is 0 Å². The second-order valence-corrected chi connectivity index (χ2v) is 7.42. The number of thioether (sulfide) groups is 1. The topological polar surface area (TPSA) is 64.1 Å². The third-order valence-electron chi connectivity index (χ3n) is 2.51. The van der Waals surface area contributed by atoms with E-state index in [1.807, 2.05) is 25.1 Å². The Kier molecular flexibility index (Phi) is 6.41. The van der Waals surface area contributed by atoms with Crippen LogP contribution in [0.4, 0.5) is 5.13 Å². The summed E-state index contributed by atoms with van der Waals surface area (Å²) in [6.45, 7) is 2.04. The van der Waals surface area contributed by atoms with E-state index in [1.54, 1.807) is 24.9 Å². The molecule has 2 aromatic rings. The van der Waals surface area contributed by atoms with E-state index >= 15 is 0 Å². The number of halogens is 1. The number of carbonyl (C=O) groups excluding carboxylic acids is 1. The number of aromatic nitrogens is 2. The van der Waals surface area contributed by atoms with Crippen molar-refractivity contribution in [3.05, 3.63) is 34.3 Å². The van der Waals surface area contributed by atoms with Crippen LogP contribution in [0, 0.1) is 0 Å². The first-order valence-electron chi connectivity index (χ1n) is 6.41. The van der Waals surface area contributed by atoms with Gasteiger partial charge in [0.1, 0.15) is 5.75 Å². The number of nitrogens with one attached hydrogen (secondary N) is 1. The lowest BCUT2D eigenvalue weighted by molar-refractivity contribution is -0.111. The monoisotopic (exact) mass is 399 g/mol. The fourth-order valence-corrected chi connectivity index (χ4v) is 3.62. The SMILES string of the molecule is CCSc1nnc(NC(=O)/C=C/c2cc(Br)ccc2OC)s1. The van der Waals surface area contributed by atoms with Crippen LogP contribution in [0.15, 0.2) is 33.1 Å². The van der Waals surface area contributed by atoms with E-state index in [0.29, 0.717) is 10.9 Å². The fraction of sp³-hybridized carbons (Fsp3) is 0.214. The Bertz CT molecular complexity index is 688. The Labute approximate surface area is 145 Å². The Balaban J connectivity index is 2.03. The molecule has 0 aliphatic carbocycles. The van der Waals surface area contributed by atoms with E-state index in [2.05, 4.69) is 31.4 Å². The van der Waals surface area contributed by atoms with E-state index in [0.717, 1.165) is 20.1 Å². The van der Waals surface area contributed by atoms with Crippen LogP contribution in [0.25, 0.3) is 6.08 Å². The molecule has 0 radical (unpaired) electrons. The maximum absolute atomic E-state index is 11.9. The molecule has 1 amide bonds. The van der Waals surface area contributed by atoms with Crippen LogP contribution in [-0.4, -0.2) is 29.0 Å². The number of hydrogen-bond donors (Lipinski definition) is 1. The smallest absolute Gasteiger partial charge is 0.250 e. The van der Waals surface area contributed by atoms with Crippen LogP contribution < -0.4 is 10.1 Å². The molecule has 1 aromatic carbocycles. The number of ether oxygens (including phenoxy) is 1. The summed E-state index contributed by atoms with van der Waals surface area (Å²) >= 11 is 6.35. The summed E-state index contributed by atoms with van der Waals surface area (Å²) in [7, 11) is 1.59. The zero-order valence-electron chi connectivity index (χ0n) is 12.0. The van der Waals surface area contributed by atoms with Gasteiger partial charge in [-0.25, -0.2) is 0 Å². The molecule has 0 aliphatic heterocycles. The number of anilines is 1. The molecule has 0 atom stereocenters. The van der Waals surface area contributed by atoms with Gasteiger partial charge in [0.25, 0.3) is 0 Å². The number of benzene rings is 1. The van der Waals surface area contributed by atoms with Crippen molar-refractivity contribution in [3.63, 3.8) is 0 Å². The Hall–Kier alpha value is -1.38. The fourth-order valence-electron chi connectivity index (χ4n) is 1.59. The molecule has 5 nitrogen and oxygen atoms in total. The summed E-state index contributed by atoms with van der Waals surface area (Å²) in [5, 5.41) is 11.1. The third-order valence-corrected chi connectivity index (χ3v) is 4.86. The van der Waals surface area contributed by atoms with Gasteiger partial charge in [-0.15, -0.1) is 10.2 Å². The summed E-state index contributed by atoms with van der Waals surface area (Å²) in [4.78, 5) is 11.9. The molecule has 8 heteroatoms. The molecule has 1 aromatic heterocycles. The van der Waals surface area contributed by atoms with Crippen molar-refractivity contribution in [1.29, 1.82) is 0 Å². The van der Waals surface area contributed by atoms with E-state index in [-0.39, 0.29) is 5.91 Å². The van der Waals surface area contributed by atoms with E-state index in [4.69, 9.17) is 4.74 Å². The molecular formula is C14H14BrN3O2S2. The standard InChI is InChI=1S/C14H14BrN3O2S2/c1-3-21-14-18-17-13(22-14)16-12(19)7-4-9-8-10(15)5-6-11(9)20-2/h4-8H,3H2,1-2H3,(H,16,17,19)/b7-4+. The highest BCUT2D eigenvalue weighted by Gasteiger charge is 2.06. The van der Waals surface area contributed by atoms with Gasteiger partial charge in [0.05, 0.1) is 7.11 Å². The number of amides is 1. The van der Waals surface area contributed by atoms with Crippen LogP contribution in [0.1, 0.15) is 12.5 Å². The van der Waals surface area contributed by atoms with Gasteiger partial charge in [-0.2, -0.15) is 0 Å². The van der Waals surface area contributed by atoms with Crippen molar-refractivity contribution in [2.24, 2.45) is 0 Å². The quantitative estimate of drug-likeness (QED) is 0.450. The predicted octanol–water partition coefficient (Wildman–Crippen LogP) is 4.07. The molecule has 0 fully saturated rings. The minimum absolute atomic E-state index is 0.258. The highest BCUT2D eigenvalue weighted by molar-refractivity contribution is 9.10. The minimum atomic E-state index is -0.258. The molecule has 0 saturated heterocycles. The largest absolute Gasteiger partial charge is 0.496 e. The van der Waals surface area contributed by atoms with Crippen LogP contribution in [0.5, 0.6) is 5.75 Å². The second kappa shape index (κ2) is 8.30. The first-order valence-corrected chi connectivity index (χ1v) is 9.00. The van der Waals surface area contributed by atoms with Gasteiger partial charge in [0, 0.05) is 16.1 Å². The number of methoxy groups -OCH3 is 1. The molecule has 1 N–H and O–H groups in total. The molecular weight excluding hydrogens is 386 g/mol. The maximum Gasteiger partial charge on any atom is 0.250 e. The van der Waals surface area contributed by atoms with Gasteiger partial charge in [0.2, 0.25) is 11.0 Å². The molecule has 2 rings (SSSR count). The van der Waals surface area contributed by atoms with Crippen molar-refractivity contribution in [2.45, 2.75) is 11.3 Å². The third kappa shape index (κ3) is 4.82. The summed E-state index contributed by atoms with van der Waals surface area (Å²) < 4.78 is 7.01. The van der Waals surface area contributed by atoms with Crippen molar-refractivity contribution < 1.29 is 9.53 Å².